The number of hydrogen-bond acceptors (Lipinski definition) is 5. The van der Waals surface area contributed by atoms with E-state index in [4.69, 9.17) is 0 Å². The highest BCUT2D eigenvalue weighted by atomic mass is 32.2. The van der Waals surface area contributed by atoms with Gasteiger partial charge in [0, 0.05) is 28.2 Å². The number of anilines is 2. The van der Waals surface area contributed by atoms with E-state index in [0.29, 0.717) is 22.1 Å². The highest BCUT2D eigenvalue weighted by Crippen LogP contribution is 2.42. The molecular weight excluding hydrogens is 499 g/mol. The summed E-state index contributed by atoms with van der Waals surface area (Å²) in [4.78, 5) is 26.3. The van der Waals surface area contributed by atoms with Crippen LogP contribution in [0.2, 0.25) is 0 Å². The number of amides is 2. The topological polar surface area (TPSA) is 94.0 Å². The van der Waals surface area contributed by atoms with Gasteiger partial charge in [-0.15, -0.1) is 0 Å². The molecule has 2 amide bonds. The molecule has 8 heteroatoms. The number of nitrogens with zero attached hydrogens (tertiary/aromatic N) is 1. The van der Waals surface area contributed by atoms with E-state index in [1.54, 1.807) is 31.2 Å². The van der Waals surface area contributed by atoms with Crippen molar-refractivity contribution in [2.75, 3.05) is 16.4 Å². The molecule has 0 aromatic heterocycles. The lowest BCUT2D eigenvalue weighted by Gasteiger charge is -2.30. The second-order valence-electron chi connectivity index (χ2n) is 8.89. The Hall–Kier alpha value is -4.35. The molecule has 0 saturated heterocycles. The summed E-state index contributed by atoms with van der Waals surface area (Å²) in [6.07, 6.45) is 0. The Morgan fingerprint density at radius 3 is 2.11 bits per heavy atom. The largest absolute Gasteiger partial charge is 0.353 e. The Kier molecular flexibility index (Phi) is 8.29. The lowest BCUT2D eigenvalue weighted by molar-refractivity contribution is -0.114. The number of rotatable bonds is 7. The zero-order valence-corrected chi connectivity index (χ0v) is 22.1. The number of benzene rings is 3. The van der Waals surface area contributed by atoms with Crippen LogP contribution in [0.4, 0.5) is 15.8 Å². The first-order valence-electron chi connectivity index (χ1n) is 12.0. The highest BCUT2D eigenvalue weighted by Gasteiger charge is 2.36. The van der Waals surface area contributed by atoms with Crippen LogP contribution in [0, 0.1) is 31.0 Å². The first kappa shape index (κ1) is 26.7. The quantitative estimate of drug-likeness (QED) is 0.343. The van der Waals surface area contributed by atoms with Gasteiger partial charge in [0.05, 0.1) is 28.3 Å². The monoisotopic (exact) mass is 526 g/mol. The standard InChI is InChI=1S/C30H27FN4O2S/c1-18-10-4-8-14-24(18)34-26(36)17-38-30-22(16-32)28(21-12-6-7-13-23(21)31)27(20(3)33-30)29(37)35-25-15-9-5-11-19(25)2/h4-15,28,33H,17H2,1-3H3,(H,34,36)(H,35,37)/t28-/m1/s1. The third kappa shape index (κ3) is 5.79. The molecule has 192 valence electrons. The molecule has 6 nitrogen and oxygen atoms in total. The number of para-hydroxylation sites is 2. The van der Waals surface area contributed by atoms with Crippen molar-refractivity contribution in [3.8, 4) is 6.07 Å². The molecular formula is C30H27FN4O2S. The Balaban J connectivity index is 1.66. The van der Waals surface area contributed by atoms with Crippen molar-refractivity contribution < 1.29 is 14.0 Å². The van der Waals surface area contributed by atoms with E-state index >= 15 is 4.39 Å². The summed E-state index contributed by atoms with van der Waals surface area (Å²) in [5.74, 6) is -2.14. The fourth-order valence-corrected chi connectivity index (χ4v) is 5.18. The Morgan fingerprint density at radius 2 is 1.50 bits per heavy atom. The van der Waals surface area contributed by atoms with Gasteiger partial charge in [-0.25, -0.2) is 4.39 Å². The number of halogens is 1. The number of thioether (sulfide) groups is 1. The maximum Gasteiger partial charge on any atom is 0.254 e. The van der Waals surface area contributed by atoms with Crippen molar-refractivity contribution in [3.63, 3.8) is 0 Å². The average molecular weight is 527 g/mol. The minimum absolute atomic E-state index is 0.0177. The minimum atomic E-state index is -0.951. The molecule has 0 bridgehead atoms. The highest BCUT2D eigenvalue weighted by molar-refractivity contribution is 8.03. The zero-order valence-electron chi connectivity index (χ0n) is 21.3. The molecule has 3 N–H and O–H groups in total. The van der Waals surface area contributed by atoms with Crippen molar-refractivity contribution in [1.29, 1.82) is 5.26 Å². The summed E-state index contributed by atoms with van der Waals surface area (Å²) in [5.41, 5.74) is 4.24. The van der Waals surface area contributed by atoms with Crippen molar-refractivity contribution in [3.05, 3.63) is 117 Å². The molecule has 1 atom stereocenters. The molecule has 0 fully saturated rings. The minimum Gasteiger partial charge on any atom is -0.353 e. The van der Waals surface area contributed by atoms with E-state index in [0.717, 1.165) is 22.9 Å². The predicted octanol–water partition coefficient (Wildman–Crippen LogP) is 6.15. The first-order valence-corrected chi connectivity index (χ1v) is 13.0. The smallest absolute Gasteiger partial charge is 0.254 e. The second kappa shape index (κ2) is 11.8. The van der Waals surface area contributed by atoms with Gasteiger partial charge in [-0.3, -0.25) is 9.59 Å². The van der Waals surface area contributed by atoms with Gasteiger partial charge in [-0.2, -0.15) is 5.26 Å². The average Bonchev–Trinajstić information content (AvgIpc) is 2.90. The maximum atomic E-state index is 15.1. The molecule has 1 aliphatic rings. The van der Waals surface area contributed by atoms with Gasteiger partial charge >= 0.3 is 0 Å². The van der Waals surface area contributed by atoms with Crippen LogP contribution in [-0.4, -0.2) is 17.6 Å². The molecule has 0 unspecified atom stereocenters. The van der Waals surface area contributed by atoms with Crippen LogP contribution in [0.1, 0.15) is 29.5 Å². The molecule has 0 saturated carbocycles. The van der Waals surface area contributed by atoms with Crippen LogP contribution in [0.25, 0.3) is 0 Å². The fourth-order valence-electron chi connectivity index (χ4n) is 4.29. The van der Waals surface area contributed by atoms with E-state index in [1.165, 1.54) is 6.07 Å². The summed E-state index contributed by atoms with van der Waals surface area (Å²) in [6, 6.07) is 23.1. The molecule has 38 heavy (non-hydrogen) atoms. The summed E-state index contributed by atoms with van der Waals surface area (Å²) in [6.45, 7) is 5.49. The molecule has 0 radical (unpaired) electrons. The number of nitriles is 1. The van der Waals surface area contributed by atoms with Crippen LogP contribution in [0.5, 0.6) is 0 Å². The fraction of sp³-hybridized carbons (Fsp3) is 0.167. The van der Waals surface area contributed by atoms with Crippen LogP contribution < -0.4 is 16.0 Å². The van der Waals surface area contributed by atoms with Crippen LogP contribution >= 0.6 is 11.8 Å². The Morgan fingerprint density at radius 1 is 0.921 bits per heavy atom. The van der Waals surface area contributed by atoms with Crippen LogP contribution in [-0.2, 0) is 9.59 Å². The number of carbonyl (C=O) groups is 2. The van der Waals surface area contributed by atoms with Gasteiger partial charge in [0.1, 0.15) is 5.82 Å². The number of dihydropyridines is 1. The van der Waals surface area contributed by atoms with E-state index < -0.39 is 17.6 Å². The van der Waals surface area contributed by atoms with Crippen molar-refractivity contribution in [2.45, 2.75) is 26.7 Å². The lowest BCUT2D eigenvalue weighted by atomic mass is 9.82. The van der Waals surface area contributed by atoms with Crippen molar-refractivity contribution >= 4 is 35.0 Å². The Bertz CT molecular complexity index is 1510. The number of carbonyl (C=O) groups excluding carboxylic acids is 2. The molecule has 3 aromatic rings. The van der Waals surface area contributed by atoms with Gasteiger partial charge in [-0.05, 0) is 50.1 Å². The van der Waals surface area contributed by atoms with E-state index in [-0.39, 0.29) is 28.4 Å². The zero-order chi connectivity index (χ0) is 27.2. The van der Waals surface area contributed by atoms with Crippen LogP contribution in [0.15, 0.2) is 94.7 Å². The van der Waals surface area contributed by atoms with Gasteiger partial charge in [0.2, 0.25) is 5.91 Å². The van der Waals surface area contributed by atoms with Crippen molar-refractivity contribution in [1.82, 2.24) is 5.32 Å². The number of nitrogens with one attached hydrogen (secondary N) is 3. The molecule has 0 aliphatic carbocycles. The second-order valence-corrected chi connectivity index (χ2v) is 9.88. The van der Waals surface area contributed by atoms with Gasteiger partial charge in [-0.1, -0.05) is 66.4 Å². The molecule has 1 aliphatic heterocycles. The van der Waals surface area contributed by atoms with Crippen molar-refractivity contribution in [2.24, 2.45) is 0 Å². The first-order chi connectivity index (χ1) is 18.3. The third-order valence-electron chi connectivity index (χ3n) is 6.27. The summed E-state index contributed by atoms with van der Waals surface area (Å²) in [7, 11) is 0. The van der Waals surface area contributed by atoms with Gasteiger partial charge in [0.15, 0.2) is 0 Å². The van der Waals surface area contributed by atoms with E-state index in [9.17, 15) is 14.9 Å². The number of hydrogen-bond donors (Lipinski definition) is 3. The van der Waals surface area contributed by atoms with E-state index in [2.05, 4.69) is 22.0 Å². The lowest BCUT2D eigenvalue weighted by Crippen LogP contribution is -2.31. The molecule has 4 rings (SSSR count). The predicted molar refractivity (Wildman–Crippen MR) is 150 cm³/mol. The SMILES string of the molecule is CC1=C(C(=O)Nc2ccccc2C)[C@H](c2ccccc2F)C(C#N)=C(SCC(=O)Nc2ccccc2C)N1. The number of aryl methyl sites for hydroxylation is 2. The van der Waals surface area contributed by atoms with Gasteiger partial charge in [0.25, 0.3) is 5.91 Å². The number of allylic oxidation sites excluding steroid dienone is 2. The Labute approximate surface area is 225 Å². The van der Waals surface area contributed by atoms with Gasteiger partial charge < -0.3 is 16.0 Å². The summed E-state index contributed by atoms with van der Waals surface area (Å²) in [5, 5.41) is 19.5. The normalized spacial score (nSPS) is 15.0. The van der Waals surface area contributed by atoms with Crippen LogP contribution in [0.3, 0.4) is 0 Å². The molecule has 0 spiro atoms. The summed E-state index contributed by atoms with van der Waals surface area (Å²) < 4.78 is 15.1. The molecule has 3 aromatic carbocycles. The third-order valence-corrected chi connectivity index (χ3v) is 7.29. The maximum absolute atomic E-state index is 15.1. The van der Waals surface area contributed by atoms with E-state index in [1.807, 2.05) is 56.3 Å². The summed E-state index contributed by atoms with van der Waals surface area (Å²) >= 11 is 1.14. The molecule has 1 heterocycles.